The number of amides is 1. The van der Waals surface area contributed by atoms with Gasteiger partial charge >= 0.3 is 0 Å². The number of nitrogens with two attached hydrogens (primary N) is 1. The average molecular weight is 252 g/mol. The minimum Gasteiger partial charge on any atom is -0.399 e. The van der Waals surface area contributed by atoms with E-state index in [1.807, 2.05) is 0 Å². The Hall–Kier alpha value is -1.62. The van der Waals surface area contributed by atoms with E-state index >= 15 is 0 Å². The molecule has 1 aromatic rings. The first-order valence-electron chi connectivity index (χ1n) is 6.11. The van der Waals surface area contributed by atoms with Gasteiger partial charge in [0, 0.05) is 11.3 Å². The van der Waals surface area contributed by atoms with Crippen molar-refractivity contribution in [1.82, 2.24) is 5.32 Å². The molecule has 2 atom stereocenters. The normalized spacial score (nSPS) is 23.7. The summed E-state index contributed by atoms with van der Waals surface area (Å²) in [5.41, 5.74) is 5.89. The number of anilines is 1. The summed E-state index contributed by atoms with van der Waals surface area (Å²) in [4.78, 5) is 11.9. The maximum atomic E-state index is 13.1. The third-order valence-corrected chi connectivity index (χ3v) is 3.23. The molecule has 5 heteroatoms. The predicted molar refractivity (Wildman–Crippen MR) is 66.5 cm³/mol. The number of hydrogen-bond donors (Lipinski definition) is 3. The van der Waals surface area contributed by atoms with Crippen LogP contribution in [-0.2, 0) is 0 Å². The number of carbonyl (C=O) groups excluding carboxylic acids is 1. The molecule has 1 aromatic carbocycles. The molecule has 0 spiro atoms. The van der Waals surface area contributed by atoms with E-state index in [2.05, 4.69) is 5.32 Å². The van der Waals surface area contributed by atoms with Crippen molar-refractivity contribution in [2.24, 2.45) is 0 Å². The molecule has 2 unspecified atom stereocenters. The molecule has 2 rings (SSSR count). The number of nitrogen functional groups attached to an aromatic ring is 1. The lowest BCUT2D eigenvalue weighted by Gasteiger charge is -2.28. The smallest absolute Gasteiger partial charge is 0.251 e. The fraction of sp³-hybridized carbons (Fsp3) is 0.462. The topological polar surface area (TPSA) is 75.4 Å². The molecule has 4 nitrogen and oxygen atoms in total. The van der Waals surface area contributed by atoms with Crippen LogP contribution in [0.2, 0.25) is 0 Å². The summed E-state index contributed by atoms with van der Waals surface area (Å²) in [6.07, 6.45) is 2.87. The van der Waals surface area contributed by atoms with Gasteiger partial charge in [-0.15, -0.1) is 0 Å². The summed E-state index contributed by atoms with van der Waals surface area (Å²) >= 11 is 0. The van der Waals surface area contributed by atoms with Gasteiger partial charge in [-0.2, -0.15) is 0 Å². The molecular formula is C13H17FN2O2. The molecule has 1 amide bonds. The second-order valence-electron chi connectivity index (χ2n) is 4.70. The highest BCUT2D eigenvalue weighted by Crippen LogP contribution is 2.19. The second kappa shape index (κ2) is 5.35. The summed E-state index contributed by atoms with van der Waals surface area (Å²) in [5.74, 6) is -0.934. The molecule has 4 N–H and O–H groups in total. The lowest BCUT2D eigenvalue weighted by molar-refractivity contribution is 0.0717. The summed E-state index contributed by atoms with van der Waals surface area (Å²) in [6.45, 7) is 0. The van der Waals surface area contributed by atoms with Gasteiger partial charge in [0.15, 0.2) is 0 Å². The molecule has 0 saturated heterocycles. The molecule has 0 aromatic heterocycles. The van der Waals surface area contributed by atoms with Gasteiger partial charge in [0.2, 0.25) is 0 Å². The molecule has 0 radical (unpaired) electrons. The van der Waals surface area contributed by atoms with Crippen molar-refractivity contribution in [2.75, 3.05) is 5.73 Å². The fourth-order valence-electron chi connectivity index (χ4n) is 2.27. The van der Waals surface area contributed by atoms with E-state index in [4.69, 9.17) is 5.73 Å². The van der Waals surface area contributed by atoms with Crippen LogP contribution in [0.3, 0.4) is 0 Å². The second-order valence-corrected chi connectivity index (χ2v) is 4.70. The lowest BCUT2D eigenvalue weighted by Crippen LogP contribution is -2.45. The highest BCUT2D eigenvalue weighted by molar-refractivity contribution is 5.95. The maximum absolute atomic E-state index is 13.1. The standard InChI is InChI=1S/C13H17FN2O2/c14-9-5-8(6-10(15)7-9)13(18)16-11-3-1-2-4-12(11)17/h5-7,11-12,17H,1-4,15H2,(H,16,18). The van der Waals surface area contributed by atoms with E-state index in [1.165, 1.54) is 6.07 Å². The molecule has 1 aliphatic rings. The van der Waals surface area contributed by atoms with Crippen LogP contribution in [-0.4, -0.2) is 23.2 Å². The Balaban J connectivity index is 2.06. The first kappa shape index (κ1) is 12.8. The van der Waals surface area contributed by atoms with Crippen molar-refractivity contribution in [3.8, 4) is 0 Å². The van der Waals surface area contributed by atoms with Gasteiger partial charge in [-0.05, 0) is 31.0 Å². The van der Waals surface area contributed by atoms with Gasteiger partial charge in [0.1, 0.15) is 5.82 Å². The largest absolute Gasteiger partial charge is 0.399 e. The van der Waals surface area contributed by atoms with Gasteiger partial charge in [-0.1, -0.05) is 12.8 Å². The number of hydrogen-bond acceptors (Lipinski definition) is 3. The zero-order valence-corrected chi connectivity index (χ0v) is 10.0. The molecule has 0 bridgehead atoms. The van der Waals surface area contributed by atoms with Crippen molar-refractivity contribution in [1.29, 1.82) is 0 Å². The van der Waals surface area contributed by atoms with Crippen molar-refractivity contribution < 1.29 is 14.3 Å². The molecule has 98 valence electrons. The first-order valence-corrected chi connectivity index (χ1v) is 6.11. The van der Waals surface area contributed by atoms with Crippen LogP contribution in [0.25, 0.3) is 0 Å². The number of nitrogens with one attached hydrogen (secondary N) is 1. The molecule has 0 aliphatic heterocycles. The van der Waals surface area contributed by atoms with Crippen molar-refractivity contribution in [3.63, 3.8) is 0 Å². The molecule has 1 saturated carbocycles. The number of aliphatic hydroxyl groups is 1. The number of aliphatic hydroxyl groups excluding tert-OH is 1. The van der Waals surface area contributed by atoms with Gasteiger partial charge in [-0.3, -0.25) is 4.79 Å². The van der Waals surface area contributed by atoms with E-state index in [0.29, 0.717) is 6.42 Å². The number of halogens is 1. The van der Waals surface area contributed by atoms with E-state index < -0.39 is 17.8 Å². The zero-order chi connectivity index (χ0) is 13.1. The van der Waals surface area contributed by atoms with E-state index in [-0.39, 0.29) is 17.3 Å². The Bertz CT molecular complexity index is 430. The fourth-order valence-corrected chi connectivity index (χ4v) is 2.27. The van der Waals surface area contributed by atoms with E-state index in [0.717, 1.165) is 31.4 Å². The summed E-state index contributed by atoms with van der Waals surface area (Å²) in [7, 11) is 0. The van der Waals surface area contributed by atoms with Crippen LogP contribution in [0.5, 0.6) is 0 Å². The minimum atomic E-state index is -0.538. The van der Waals surface area contributed by atoms with Crippen LogP contribution >= 0.6 is 0 Å². The van der Waals surface area contributed by atoms with Gasteiger partial charge in [0.05, 0.1) is 12.1 Å². The minimum absolute atomic E-state index is 0.185. The zero-order valence-electron chi connectivity index (χ0n) is 10.0. The molecule has 0 heterocycles. The Labute approximate surface area is 105 Å². The molecule has 18 heavy (non-hydrogen) atoms. The first-order chi connectivity index (χ1) is 8.56. The maximum Gasteiger partial charge on any atom is 0.251 e. The highest BCUT2D eigenvalue weighted by atomic mass is 19.1. The SMILES string of the molecule is Nc1cc(F)cc(C(=O)NC2CCCCC2O)c1. The monoisotopic (exact) mass is 252 g/mol. The number of rotatable bonds is 2. The Morgan fingerprint density at radius 3 is 2.72 bits per heavy atom. The highest BCUT2D eigenvalue weighted by Gasteiger charge is 2.24. The third-order valence-electron chi connectivity index (χ3n) is 3.23. The lowest BCUT2D eigenvalue weighted by atomic mass is 9.92. The summed E-state index contributed by atoms with van der Waals surface area (Å²) in [5, 5.41) is 12.5. The Morgan fingerprint density at radius 1 is 1.33 bits per heavy atom. The summed E-state index contributed by atoms with van der Waals surface area (Å²) < 4.78 is 13.1. The molecule has 1 aliphatic carbocycles. The Kier molecular flexibility index (Phi) is 3.81. The molecule has 1 fully saturated rings. The van der Waals surface area contributed by atoms with Crippen molar-refractivity contribution in [2.45, 2.75) is 37.8 Å². The molecular weight excluding hydrogens is 235 g/mol. The average Bonchev–Trinajstić information content (AvgIpc) is 2.31. The van der Waals surface area contributed by atoms with Crippen LogP contribution in [0.1, 0.15) is 36.0 Å². The van der Waals surface area contributed by atoms with Crippen LogP contribution in [0.15, 0.2) is 18.2 Å². The van der Waals surface area contributed by atoms with E-state index in [1.54, 1.807) is 0 Å². The third kappa shape index (κ3) is 2.98. The quantitative estimate of drug-likeness (QED) is 0.697. The van der Waals surface area contributed by atoms with E-state index in [9.17, 15) is 14.3 Å². The predicted octanol–water partition coefficient (Wildman–Crippen LogP) is 1.44. The Morgan fingerprint density at radius 2 is 2.06 bits per heavy atom. The van der Waals surface area contributed by atoms with Crippen LogP contribution in [0.4, 0.5) is 10.1 Å². The van der Waals surface area contributed by atoms with Crippen molar-refractivity contribution in [3.05, 3.63) is 29.6 Å². The summed E-state index contributed by atoms with van der Waals surface area (Å²) in [6, 6.07) is 3.47. The number of benzene rings is 1. The van der Waals surface area contributed by atoms with Gasteiger partial charge in [0.25, 0.3) is 5.91 Å². The number of carbonyl (C=O) groups is 1. The van der Waals surface area contributed by atoms with Crippen LogP contribution in [0, 0.1) is 5.82 Å². The van der Waals surface area contributed by atoms with Gasteiger partial charge in [-0.25, -0.2) is 4.39 Å². The van der Waals surface area contributed by atoms with Crippen molar-refractivity contribution >= 4 is 11.6 Å². The van der Waals surface area contributed by atoms with Crippen LogP contribution < -0.4 is 11.1 Å². The van der Waals surface area contributed by atoms with Gasteiger partial charge < -0.3 is 16.2 Å².